The van der Waals surface area contributed by atoms with Gasteiger partial charge in [0.15, 0.2) is 5.78 Å². The molecule has 2 N–H and O–H groups in total. The number of halogens is 3. The van der Waals surface area contributed by atoms with Crippen LogP contribution in [0.2, 0.25) is 0 Å². The highest BCUT2D eigenvalue weighted by atomic mass is 19.4. The summed E-state index contributed by atoms with van der Waals surface area (Å²) in [6.07, 6.45) is -4.57. The van der Waals surface area contributed by atoms with Gasteiger partial charge < -0.3 is 15.4 Å². The van der Waals surface area contributed by atoms with E-state index in [9.17, 15) is 32.3 Å². The number of carbonyl (C=O) groups is 4. The number of carbonyl (C=O) groups excluding carboxylic acids is 4. The summed E-state index contributed by atoms with van der Waals surface area (Å²) in [6, 6.07) is 15.9. The lowest BCUT2D eigenvalue weighted by atomic mass is 9.99. The van der Waals surface area contributed by atoms with Crippen LogP contribution in [0.15, 0.2) is 72.8 Å². The van der Waals surface area contributed by atoms with Crippen molar-refractivity contribution in [1.29, 1.82) is 0 Å². The zero-order valence-corrected chi connectivity index (χ0v) is 23.0. The van der Waals surface area contributed by atoms with Gasteiger partial charge in [-0.2, -0.15) is 13.2 Å². The maximum absolute atomic E-state index is 13.4. The van der Waals surface area contributed by atoms with Gasteiger partial charge in [-0.25, -0.2) is 4.79 Å². The molecule has 3 amide bonds. The third-order valence-electron chi connectivity index (χ3n) is 5.60. The SMILES string of the molecule is Cc1cccc(NC(=O)NCC(=O)N(CC(=O)OC(C)(C)C)c2ccccc2C(=O)c2ccc(C(F)(F)F)cc2)c1. The highest BCUT2D eigenvalue weighted by Gasteiger charge is 2.31. The molecule has 216 valence electrons. The van der Waals surface area contributed by atoms with Crippen molar-refractivity contribution in [3.05, 3.63) is 95.1 Å². The molecule has 0 fully saturated rings. The summed E-state index contributed by atoms with van der Waals surface area (Å²) in [5.41, 5.74) is -0.426. The number of ketones is 1. The van der Waals surface area contributed by atoms with E-state index in [-0.39, 0.29) is 16.8 Å². The Morgan fingerprint density at radius 3 is 2.15 bits per heavy atom. The summed E-state index contributed by atoms with van der Waals surface area (Å²) in [5.74, 6) is -2.17. The van der Waals surface area contributed by atoms with Crippen molar-refractivity contribution in [2.45, 2.75) is 39.5 Å². The average molecular weight is 570 g/mol. The highest BCUT2D eigenvalue weighted by molar-refractivity contribution is 6.15. The Bertz CT molecular complexity index is 1430. The number of esters is 1. The van der Waals surface area contributed by atoms with Crippen molar-refractivity contribution in [3.63, 3.8) is 0 Å². The largest absolute Gasteiger partial charge is 0.459 e. The molecule has 0 aliphatic carbocycles. The van der Waals surface area contributed by atoms with E-state index in [4.69, 9.17) is 4.74 Å². The third kappa shape index (κ3) is 8.92. The fourth-order valence-corrected chi connectivity index (χ4v) is 3.83. The average Bonchev–Trinajstić information content (AvgIpc) is 2.88. The first-order chi connectivity index (χ1) is 19.1. The van der Waals surface area contributed by atoms with E-state index >= 15 is 0 Å². The fourth-order valence-electron chi connectivity index (χ4n) is 3.83. The lowest BCUT2D eigenvalue weighted by Gasteiger charge is -2.27. The van der Waals surface area contributed by atoms with Gasteiger partial charge in [0.25, 0.3) is 0 Å². The van der Waals surface area contributed by atoms with E-state index in [2.05, 4.69) is 10.6 Å². The van der Waals surface area contributed by atoms with E-state index < -0.39 is 54.1 Å². The lowest BCUT2D eigenvalue weighted by Crippen LogP contribution is -2.45. The van der Waals surface area contributed by atoms with Gasteiger partial charge in [0, 0.05) is 16.8 Å². The van der Waals surface area contributed by atoms with Crippen LogP contribution < -0.4 is 15.5 Å². The molecule has 0 aliphatic rings. The molecule has 0 aliphatic heterocycles. The number of hydrogen-bond donors (Lipinski definition) is 2. The standard InChI is InChI=1S/C30H30F3N3O5/c1-19-8-7-9-22(16-19)35-28(40)34-17-25(37)36(18-26(38)41-29(2,3)4)24-11-6-5-10-23(24)27(39)20-12-14-21(15-13-20)30(31,32)33/h5-16H,17-18H2,1-4H3,(H2,34,35,40). The van der Waals surface area contributed by atoms with E-state index in [1.165, 1.54) is 24.3 Å². The zero-order valence-electron chi connectivity index (χ0n) is 23.0. The summed E-state index contributed by atoms with van der Waals surface area (Å²) in [7, 11) is 0. The summed E-state index contributed by atoms with van der Waals surface area (Å²) in [4.78, 5) is 52.9. The monoisotopic (exact) mass is 569 g/mol. The lowest BCUT2D eigenvalue weighted by molar-refractivity contribution is -0.153. The number of amides is 3. The van der Waals surface area contributed by atoms with Crippen LogP contribution in [0, 0.1) is 6.92 Å². The topological polar surface area (TPSA) is 105 Å². The van der Waals surface area contributed by atoms with Crippen LogP contribution in [0.4, 0.5) is 29.3 Å². The van der Waals surface area contributed by atoms with Crippen LogP contribution in [-0.2, 0) is 20.5 Å². The Morgan fingerprint density at radius 2 is 1.54 bits per heavy atom. The molecule has 11 heteroatoms. The minimum absolute atomic E-state index is 0.0224. The number of aryl methyl sites for hydroxylation is 1. The first-order valence-corrected chi connectivity index (χ1v) is 12.6. The summed E-state index contributed by atoms with van der Waals surface area (Å²) < 4.78 is 44.4. The molecule has 3 aromatic carbocycles. The molecule has 0 saturated carbocycles. The summed E-state index contributed by atoms with van der Waals surface area (Å²) in [6.45, 7) is 5.67. The molecule has 0 atom stereocenters. The van der Waals surface area contributed by atoms with Crippen LogP contribution in [0.25, 0.3) is 0 Å². The van der Waals surface area contributed by atoms with Gasteiger partial charge >= 0.3 is 18.2 Å². The van der Waals surface area contributed by atoms with Crippen LogP contribution in [0.3, 0.4) is 0 Å². The van der Waals surface area contributed by atoms with Crippen molar-refractivity contribution in [2.75, 3.05) is 23.3 Å². The number of alkyl halides is 3. The van der Waals surface area contributed by atoms with Crippen LogP contribution in [-0.4, -0.2) is 42.4 Å². The molecule has 8 nitrogen and oxygen atoms in total. The highest BCUT2D eigenvalue weighted by Crippen LogP contribution is 2.30. The van der Waals surface area contributed by atoms with Gasteiger partial charge in [-0.3, -0.25) is 19.3 Å². The normalized spacial score (nSPS) is 11.4. The number of hydrogen-bond acceptors (Lipinski definition) is 5. The molecule has 0 aromatic heterocycles. The Hall–Kier alpha value is -4.67. The second-order valence-electron chi connectivity index (χ2n) is 10.2. The van der Waals surface area contributed by atoms with E-state index in [0.717, 1.165) is 34.7 Å². The van der Waals surface area contributed by atoms with Crippen molar-refractivity contribution in [3.8, 4) is 0 Å². The van der Waals surface area contributed by atoms with Crippen LogP contribution in [0.5, 0.6) is 0 Å². The van der Waals surface area contributed by atoms with Crippen molar-refractivity contribution in [1.82, 2.24) is 5.32 Å². The van der Waals surface area contributed by atoms with Crippen LogP contribution >= 0.6 is 0 Å². The van der Waals surface area contributed by atoms with Gasteiger partial charge in [-0.15, -0.1) is 0 Å². The fraction of sp³-hybridized carbons (Fsp3) is 0.267. The van der Waals surface area contributed by atoms with Crippen molar-refractivity contribution >= 4 is 35.1 Å². The van der Waals surface area contributed by atoms with Crippen molar-refractivity contribution < 1.29 is 37.1 Å². The molecule has 0 unspecified atom stereocenters. The molecule has 0 radical (unpaired) electrons. The molecule has 0 spiro atoms. The number of anilines is 2. The Kier molecular flexibility index (Phi) is 9.54. The number of nitrogens with zero attached hydrogens (tertiary/aromatic N) is 1. The molecule has 3 aromatic rings. The van der Waals surface area contributed by atoms with Crippen molar-refractivity contribution in [2.24, 2.45) is 0 Å². The number of benzene rings is 3. The Morgan fingerprint density at radius 1 is 0.878 bits per heavy atom. The quantitative estimate of drug-likeness (QED) is 0.266. The molecule has 0 heterocycles. The maximum atomic E-state index is 13.4. The molecular weight excluding hydrogens is 539 g/mol. The Labute approximate surface area is 235 Å². The van der Waals surface area contributed by atoms with Crippen LogP contribution in [0.1, 0.15) is 47.8 Å². The number of nitrogens with one attached hydrogen (secondary N) is 2. The molecule has 0 bridgehead atoms. The van der Waals surface area contributed by atoms with E-state index in [0.29, 0.717) is 5.69 Å². The predicted octanol–water partition coefficient (Wildman–Crippen LogP) is 5.74. The van der Waals surface area contributed by atoms with Gasteiger partial charge in [0.1, 0.15) is 12.1 Å². The summed E-state index contributed by atoms with van der Waals surface area (Å²) >= 11 is 0. The van der Waals surface area contributed by atoms with Gasteiger partial charge in [-0.05, 0) is 69.7 Å². The first kappa shape index (κ1) is 30.9. The number of para-hydroxylation sites is 1. The van der Waals surface area contributed by atoms with E-state index in [1.807, 2.05) is 13.0 Å². The minimum atomic E-state index is -4.57. The minimum Gasteiger partial charge on any atom is -0.459 e. The van der Waals surface area contributed by atoms with E-state index in [1.54, 1.807) is 39.0 Å². The zero-order chi connectivity index (χ0) is 30.4. The maximum Gasteiger partial charge on any atom is 0.416 e. The second-order valence-corrected chi connectivity index (χ2v) is 10.2. The molecule has 0 saturated heterocycles. The molecular formula is C30H30F3N3O5. The number of urea groups is 1. The predicted molar refractivity (Wildman–Crippen MR) is 148 cm³/mol. The molecule has 41 heavy (non-hydrogen) atoms. The molecule has 3 rings (SSSR count). The first-order valence-electron chi connectivity index (χ1n) is 12.6. The van der Waals surface area contributed by atoms with Gasteiger partial charge in [0.05, 0.1) is 17.8 Å². The van der Waals surface area contributed by atoms with Gasteiger partial charge in [0.2, 0.25) is 5.91 Å². The summed E-state index contributed by atoms with van der Waals surface area (Å²) in [5, 5.41) is 5.05. The number of rotatable bonds is 8. The number of ether oxygens (including phenoxy) is 1. The Balaban J connectivity index is 1.88. The second kappa shape index (κ2) is 12.7. The van der Waals surface area contributed by atoms with Gasteiger partial charge in [-0.1, -0.05) is 36.4 Å². The smallest absolute Gasteiger partial charge is 0.416 e. The third-order valence-corrected chi connectivity index (χ3v) is 5.60.